The van der Waals surface area contributed by atoms with Gasteiger partial charge in [-0.05, 0) is 42.8 Å². The van der Waals surface area contributed by atoms with Gasteiger partial charge in [0.2, 0.25) is 5.91 Å². The molecular weight excluding hydrogens is 344 g/mol. The maximum absolute atomic E-state index is 12.6. The van der Waals surface area contributed by atoms with E-state index in [0.29, 0.717) is 18.8 Å². The Morgan fingerprint density at radius 3 is 2.67 bits per heavy atom. The highest BCUT2D eigenvalue weighted by Crippen LogP contribution is 2.25. The highest BCUT2D eigenvalue weighted by Gasteiger charge is 2.39. The van der Waals surface area contributed by atoms with Crippen LogP contribution in [0.25, 0.3) is 0 Å². The molecule has 0 unspecified atom stereocenters. The van der Waals surface area contributed by atoms with Gasteiger partial charge in [0, 0.05) is 0 Å². The molecule has 0 saturated carbocycles. The molecule has 6 nitrogen and oxygen atoms in total. The van der Waals surface area contributed by atoms with E-state index in [1.54, 1.807) is 36.6 Å². The molecule has 2 aromatic rings. The lowest BCUT2D eigenvalue weighted by molar-refractivity contribution is -0.121. The molecule has 0 bridgehead atoms. The normalized spacial score (nSPS) is 16.9. The van der Waals surface area contributed by atoms with Crippen molar-refractivity contribution in [3.8, 4) is 5.75 Å². The van der Waals surface area contributed by atoms with Crippen LogP contribution in [0.5, 0.6) is 5.75 Å². The fourth-order valence-corrected chi connectivity index (χ4v) is 3.11. The molecule has 1 saturated heterocycles. The van der Waals surface area contributed by atoms with Crippen LogP contribution in [0.3, 0.4) is 0 Å². The van der Waals surface area contributed by atoms with Gasteiger partial charge in [0.05, 0.1) is 37.6 Å². The third kappa shape index (κ3) is 4.98. The zero-order chi connectivity index (χ0) is 19.1. The zero-order valence-electron chi connectivity index (χ0n) is 15.6. The van der Waals surface area contributed by atoms with Crippen molar-refractivity contribution in [1.82, 2.24) is 5.32 Å². The van der Waals surface area contributed by atoms with E-state index < -0.39 is 6.04 Å². The lowest BCUT2D eigenvalue weighted by Crippen LogP contribution is -2.38. The topological polar surface area (TPSA) is 71.8 Å². The summed E-state index contributed by atoms with van der Waals surface area (Å²) in [6.07, 6.45) is 6.34. The van der Waals surface area contributed by atoms with Crippen molar-refractivity contribution in [3.63, 3.8) is 0 Å². The second-order valence-electron chi connectivity index (χ2n) is 6.69. The Morgan fingerprint density at radius 1 is 1.15 bits per heavy atom. The number of benzene rings is 1. The molecule has 1 N–H and O–H groups in total. The lowest BCUT2D eigenvalue weighted by atomic mass is 10.2. The molecule has 2 amide bonds. The SMILES string of the molecule is CCCCCCOc1ccc(N2C(=O)C[C@@H](NCc3ccco3)C2=O)cc1. The van der Waals surface area contributed by atoms with Crippen molar-refractivity contribution < 1.29 is 18.7 Å². The first-order valence-corrected chi connectivity index (χ1v) is 9.54. The van der Waals surface area contributed by atoms with E-state index in [9.17, 15) is 9.59 Å². The van der Waals surface area contributed by atoms with Crippen LogP contribution in [0.15, 0.2) is 47.1 Å². The molecule has 1 aromatic heterocycles. The Morgan fingerprint density at radius 2 is 1.96 bits per heavy atom. The van der Waals surface area contributed by atoms with E-state index in [2.05, 4.69) is 12.2 Å². The zero-order valence-corrected chi connectivity index (χ0v) is 15.6. The van der Waals surface area contributed by atoms with Crippen molar-refractivity contribution >= 4 is 17.5 Å². The third-order valence-corrected chi connectivity index (χ3v) is 4.61. The van der Waals surface area contributed by atoms with Gasteiger partial charge in [-0.1, -0.05) is 26.2 Å². The summed E-state index contributed by atoms with van der Waals surface area (Å²) in [5.74, 6) is 1.04. The van der Waals surface area contributed by atoms with E-state index in [4.69, 9.17) is 9.15 Å². The standard InChI is InChI=1S/C21H26N2O4/c1-2-3-4-5-12-26-17-10-8-16(9-11-17)23-20(24)14-19(21(23)25)22-15-18-7-6-13-27-18/h6-11,13,19,22H,2-5,12,14-15H2,1H3/t19-/m1/s1. The fourth-order valence-electron chi connectivity index (χ4n) is 3.11. The number of hydrogen-bond acceptors (Lipinski definition) is 5. The molecule has 0 radical (unpaired) electrons. The first kappa shape index (κ1) is 19.2. The Labute approximate surface area is 159 Å². The third-order valence-electron chi connectivity index (χ3n) is 4.61. The number of hydrogen-bond donors (Lipinski definition) is 1. The highest BCUT2D eigenvalue weighted by atomic mass is 16.5. The molecule has 3 rings (SSSR count). The maximum Gasteiger partial charge on any atom is 0.251 e. The van der Waals surface area contributed by atoms with E-state index in [0.717, 1.165) is 24.4 Å². The number of rotatable bonds is 10. The summed E-state index contributed by atoms with van der Waals surface area (Å²) in [7, 11) is 0. The molecule has 27 heavy (non-hydrogen) atoms. The quantitative estimate of drug-likeness (QED) is 0.510. The molecule has 0 aliphatic carbocycles. The first-order valence-electron chi connectivity index (χ1n) is 9.54. The summed E-state index contributed by atoms with van der Waals surface area (Å²) in [5.41, 5.74) is 0.575. The van der Waals surface area contributed by atoms with Gasteiger partial charge in [0.1, 0.15) is 11.5 Å². The van der Waals surface area contributed by atoms with Crippen LogP contribution >= 0.6 is 0 Å². The van der Waals surface area contributed by atoms with Gasteiger partial charge in [-0.2, -0.15) is 0 Å². The van der Waals surface area contributed by atoms with Gasteiger partial charge in [-0.3, -0.25) is 14.9 Å². The van der Waals surface area contributed by atoms with Gasteiger partial charge in [0.25, 0.3) is 5.91 Å². The van der Waals surface area contributed by atoms with Crippen LogP contribution in [0, 0.1) is 0 Å². The number of ether oxygens (including phenoxy) is 1. The fraction of sp³-hybridized carbons (Fsp3) is 0.429. The molecule has 1 atom stereocenters. The average Bonchev–Trinajstić information content (AvgIpc) is 3.28. The molecule has 2 heterocycles. The van der Waals surface area contributed by atoms with Gasteiger partial charge in [0.15, 0.2) is 0 Å². The molecule has 0 spiro atoms. The number of nitrogens with zero attached hydrogens (tertiary/aromatic N) is 1. The molecule has 1 aliphatic heterocycles. The number of furan rings is 1. The smallest absolute Gasteiger partial charge is 0.251 e. The lowest BCUT2D eigenvalue weighted by Gasteiger charge is -2.16. The van der Waals surface area contributed by atoms with Crippen LogP contribution in [-0.4, -0.2) is 24.5 Å². The minimum absolute atomic E-state index is 0.148. The largest absolute Gasteiger partial charge is 0.494 e. The van der Waals surface area contributed by atoms with Crippen LogP contribution < -0.4 is 15.0 Å². The summed E-state index contributed by atoms with van der Waals surface area (Å²) in [6.45, 7) is 3.27. The highest BCUT2D eigenvalue weighted by molar-refractivity contribution is 6.22. The second-order valence-corrected chi connectivity index (χ2v) is 6.69. The van der Waals surface area contributed by atoms with Gasteiger partial charge >= 0.3 is 0 Å². The molecular formula is C21H26N2O4. The van der Waals surface area contributed by atoms with Crippen molar-refractivity contribution in [3.05, 3.63) is 48.4 Å². The Balaban J connectivity index is 1.53. The summed E-state index contributed by atoms with van der Waals surface area (Å²) < 4.78 is 11.0. The second kappa shape index (κ2) is 9.37. The Hall–Kier alpha value is -2.60. The van der Waals surface area contributed by atoms with E-state index in [1.165, 1.54) is 17.7 Å². The van der Waals surface area contributed by atoms with Crippen molar-refractivity contribution in [2.75, 3.05) is 11.5 Å². The number of unbranched alkanes of at least 4 members (excludes halogenated alkanes) is 3. The van der Waals surface area contributed by atoms with Crippen LogP contribution in [0.1, 0.15) is 44.8 Å². The molecule has 1 aliphatic rings. The molecule has 144 valence electrons. The Kier molecular flexibility index (Phi) is 6.65. The van der Waals surface area contributed by atoms with E-state index in [1.807, 2.05) is 6.07 Å². The first-order chi connectivity index (χ1) is 13.2. The van der Waals surface area contributed by atoms with Gasteiger partial charge in [-0.25, -0.2) is 4.90 Å². The number of anilines is 1. The predicted molar refractivity (Wildman–Crippen MR) is 103 cm³/mol. The summed E-state index contributed by atoms with van der Waals surface area (Å²) in [4.78, 5) is 26.2. The molecule has 1 aromatic carbocycles. The van der Waals surface area contributed by atoms with Crippen LogP contribution in [0.2, 0.25) is 0 Å². The minimum atomic E-state index is -0.530. The van der Waals surface area contributed by atoms with Gasteiger partial charge < -0.3 is 9.15 Å². The van der Waals surface area contributed by atoms with Crippen molar-refractivity contribution in [1.29, 1.82) is 0 Å². The van der Waals surface area contributed by atoms with E-state index in [-0.39, 0.29) is 18.2 Å². The predicted octanol–water partition coefficient (Wildman–Crippen LogP) is 3.66. The molecule has 1 fully saturated rings. The van der Waals surface area contributed by atoms with Gasteiger partial charge in [-0.15, -0.1) is 0 Å². The Bertz CT molecular complexity index is 740. The summed E-state index contributed by atoms with van der Waals surface area (Å²) >= 11 is 0. The number of amides is 2. The summed E-state index contributed by atoms with van der Waals surface area (Å²) in [6, 6.07) is 10.2. The number of nitrogens with one attached hydrogen (secondary N) is 1. The number of imide groups is 1. The maximum atomic E-state index is 12.6. The van der Waals surface area contributed by atoms with E-state index >= 15 is 0 Å². The summed E-state index contributed by atoms with van der Waals surface area (Å²) in [5, 5.41) is 3.09. The monoisotopic (exact) mass is 370 g/mol. The minimum Gasteiger partial charge on any atom is -0.494 e. The van der Waals surface area contributed by atoms with Crippen molar-refractivity contribution in [2.45, 2.75) is 51.6 Å². The van der Waals surface area contributed by atoms with Crippen molar-refractivity contribution in [2.24, 2.45) is 0 Å². The number of carbonyl (C=O) groups is 2. The van der Waals surface area contributed by atoms with Crippen LogP contribution in [-0.2, 0) is 16.1 Å². The molecule has 6 heteroatoms. The number of carbonyl (C=O) groups excluding carboxylic acids is 2. The average molecular weight is 370 g/mol. The van der Waals surface area contributed by atoms with Crippen LogP contribution in [0.4, 0.5) is 5.69 Å².